The van der Waals surface area contributed by atoms with Gasteiger partial charge in [0.15, 0.2) is 0 Å². The smallest absolute Gasteiger partial charge is 0.0936 e. The number of anilines is 12. The van der Waals surface area contributed by atoms with Crippen molar-refractivity contribution in [2.75, 3.05) is 19.6 Å². The largest absolute Gasteiger partial charge is 0.308 e. The molecular weight excluding hydrogens is 1080 g/mol. The molecule has 12 nitrogen and oxygen atoms in total. The van der Waals surface area contributed by atoms with E-state index in [-0.39, 0.29) is 0 Å². The normalized spacial score (nSPS) is 11.6. The Bertz CT molecular complexity index is 4700. The van der Waals surface area contributed by atoms with E-state index in [1.54, 1.807) is 0 Å². The van der Waals surface area contributed by atoms with Gasteiger partial charge in [-0.2, -0.15) is 0 Å². The van der Waals surface area contributed by atoms with Gasteiger partial charge >= 0.3 is 0 Å². The van der Waals surface area contributed by atoms with E-state index in [2.05, 4.69) is 205 Å². The first kappa shape index (κ1) is 51.8. The fourth-order valence-corrected chi connectivity index (χ4v) is 13.1. The minimum atomic E-state index is 0.822. The summed E-state index contributed by atoms with van der Waals surface area (Å²) in [6.45, 7) is 8.61. The summed E-state index contributed by atoms with van der Waals surface area (Å²) in [6.07, 6.45) is 15.4. The summed E-state index contributed by atoms with van der Waals surface area (Å²) in [4.78, 5) is 49.9. The lowest BCUT2D eigenvalue weighted by Gasteiger charge is -2.35. The second-order valence-electron chi connectivity index (χ2n) is 22.1. The molecule has 0 aliphatic heterocycles. The van der Waals surface area contributed by atoms with E-state index in [9.17, 15) is 0 Å². The molecule has 8 aromatic carbocycles. The summed E-state index contributed by atoms with van der Waals surface area (Å²) in [5.74, 6) is 0. The minimum absolute atomic E-state index is 0.822. The van der Waals surface area contributed by atoms with Gasteiger partial charge in [0, 0.05) is 102 Å². The molecule has 0 bridgehead atoms. The summed E-state index contributed by atoms with van der Waals surface area (Å²) < 4.78 is 0. The Kier molecular flexibility index (Phi) is 12.4. The third kappa shape index (κ3) is 8.36. The number of rotatable bonds is 12. The Morgan fingerprint density at radius 3 is 0.682 bits per heavy atom. The molecule has 8 aromatic heterocycles. The van der Waals surface area contributed by atoms with Gasteiger partial charge in [0.25, 0.3) is 0 Å². The molecule has 0 aliphatic rings. The highest BCUT2D eigenvalue weighted by Crippen LogP contribution is 2.56. The third-order valence-corrected chi connectivity index (χ3v) is 17.2. The fraction of sp³-hybridized carbons (Fsp3) is 0.0526. The molecule has 12 heteroatoms. The summed E-state index contributed by atoms with van der Waals surface area (Å²) in [5.41, 5.74) is 21.7. The van der Waals surface area contributed by atoms with Crippen LogP contribution in [0.5, 0.6) is 0 Å². The molecule has 0 radical (unpaired) electrons. The van der Waals surface area contributed by atoms with Crippen LogP contribution < -0.4 is 19.6 Å². The zero-order valence-electron chi connectivity index (χ0n) is 48.6. The summed E-state index contributed by atoms with van der Waals surface area (Å²) in [6, 6.07) is 72.3. The fourth-order valence-electron chi connectivity index (χ4n) is 13.1. The average Bonchev–Trinajstić information content (AvgIpc) is 0.745. The van der Waals surface area contributed by atoms with Gasteiger partial charge in [-0.1, -0.05) is 97.1 Å². The molecule has 418 valence electrons. The number of aromatic nitrogens is 8. The number of nitrogens with zero attached hydrogens (tertiary/aromatic N) is 12. The van der Waals surface area contributed by atoms with E-state index in [0.717, 1.165) is 167 Å². The summed E-state index contributed by atoms with van der Waals surface area (Å²) >= 11 is 0. The minimum Gasteiger partial charge on any atom is -0.308 e. The van der Waals surface area contributed by atoms with E-state index < -0.39 is 0 Å². The molecule has 16 aromatic rings. The molecule has 0 saturated heterocycles. The molecule has 0 aliphatic carbocycles. The van der Waals surface area contributed by atoms with Crippen LogP contribution in [0.2, 0.25) is 0 Å². The van der Waals surface area contributed by atoms with Crippen LogP contribution >= 0.6 is 0 Å². The van der Waals surface area contributed by atoms with Crippen molar-refractivity contribution in [1.82, 2.24) is 39.9 Å². The Labute approximate surface area is 507 Å². The van der Waals surface area contributed by atoms with Gasteiger partial charge in [-0.15, -0.1) is 0 Å². The van der Waals surface area contributed by atoms with Crippen molar-refractivity contribution in [2.45, 2.75) is 27.7 Å². The molecule has 0 amide bonds. The van der Waals surface area contributed by atoms with Crippen LogP contribution in [0.4, 0.5) is 68.2 Å². The van der Waals surface area contributed by atoms with Gasteiger partial charge in [-0.3, -0.25) is 39.9 Å². The van der Waals surface area contributed by atoms with Gasteiger partial charge < -0.3 is 19.6 Å². The monoisotopic (exact) mass is 1130 g/mol. The topological polar surface area (TPSA) is 116 Å². The number of benzene rings is 8. The maximum absolute atomic E-state index is 5.14. The van der Waals surface area contributed by atoms with Crippen LogP contribution in [0.25, 0.3) is 76.5 Å². The summed E-state index contributed by atoms with van der Waals surface area (Å²) in [7, 11) is 0. The van der Waals surface area contributed by atoms with Gasteiger partial charge in [-0.25, -0.2) is 0 Å². The quantitative estimate of drug-likeness (QED) is 0.108. The lowest BCUT2D eigenvalue weighted by atomic mass is 9.89. The maximum atomic E-state index is 5.14. The Balaban J connectivity index is 1.11. The predicted octanol–water partition coefficient (Wildman–Crippen LogP) is 19.5. The number of fused-ring (bicyclic) bond motifs is 4. The van der Waals surface area contributed by atoms with E-state index in [1.165, 1.54) is 0 Å². The van der Waals surface area contributed by atoms with E-state index in [1.807, 2.05) is 98.1 Å². The second kappa shape index (κ2) is 21.1. The lowest BCUT2D eigenvalue weighted by Crippen LogP contribution is -2.17. The zero-order chi connectivity index (χ0) is 59.0. The van der Waals surface area contributed by atoms with Gasteiger partial charge in [0.1, 0.15) is 0 Å². The first-order chi connectivity index (χ1) is 43.4. The van der Waals surface area contributed by atoms with Crippen molar-refractivity contribution in [2.24, 2.45) is 0 Å². The maximum Gasteiger partial charge on any atom is 0.0936 e. The SMILES string of the molecule is Cc1c(N(c2ccccc2)c2cc(N(c3ccccc3)c3cnc4cccnc4c3C)c3ccc4c(N(c5ccccc5)c5cnc6cccnc6c5C)cc(N(c5ccccc5)c5cnc6cccnc6c5C)c5ccc2c3c54)cnc2cccnc12. The second-order valence-corrected chi connectivity index (χ2v) is 22.1. The number of aryl methyl sites for hydroxylation is 4. The van der Waals surface area contributed by atoms with E-state index in [4.69, 9.17) is 39.9 Å². The Morgan fingerprint density at radius 2 is 0.455 bits per heavy atom. The van der Waals surface area contributed by atoms with E-state index >= 15 is 0 Å². The molecule has 0 fully saturated rings. The number of hydrogen-bond acceptors (Lipinski definition) is 12. The van der Waals surface area contributed by atoms with Crippen molar-refractivity contribution >= 4 is 145 Å². The molecule has 0 spiro atoms. The van der Waals surface area contributed by atoms with Crippen molar-refractivity contribution in [3.05, 3.63) is 278 Å². The first-order valence-electron chi connectivity index (χ1n) is 29.4. The third-order valence-electron chi connectivity index (χ3n) is 17.2. The molecule has 0 saturated carbocycles. The highest BCUT2D eigenvalue weighted by Gasteiger charge is 2.31. The van der Waals surface area contributed by atoms with E-state index in [0.29, 0.717) is 0 Å². The van der Waals surface area contributed by atoms with Crippen LogP contribution in [0, 0.1) is 27.7 Å². The van der Waals surface area contributed by atoms with Crippen LogP contribution in [-0.4, -0.2) is 39.9 Å². The Morgan fingerprint density at radius 1 is 0.227 bits per heavy atom. The molecule has 0 N–H and O–H groups in total. The molecule has 16 rings (SSSR count). The predicted molar refractivity (Wildman–Crippen MR) is 360 cm³/mol. The van der Waals surface area contributed by atoms with Crippen molar-refractivity contribution in [1.29, 1.82) is 0 Å². The molecular formula is C76H54N12. The number of hydrogen-bond donors (Lipinski definition) is 0. The van der Waals surface area contributed by atoms with Crippen LogP contribution in [0.15, 0.2) is 256 Å². The number of para-hydroxylation sites is 4. The van der Waals surface area contributed by atoms with Crippen LogP contribution in [-0.2, 0) is 0 Å². The molecule has 0 atom stereocenters. The van der Waals surface area contributed by atoms with Crippen molar-refractivity contribution in [3.8, 4) is 0 Å². The zero-order valence-corrected chi connectivity index (χ0v) is 48.6. The summed E-state index contributed by atoms with van der Waals surface area (Å²) in [5, 5.41) is 6.17. The first-order valence-corrected chi connectivity index (χ1v) is 29.4. The van der Waals surface area contributed by atoms with Gasteiger partial charge in [0.05, 0.1) is 114 Å². The van der Waals surface area contributed by atoms with Crippen LogP contribution in [0.3, 0.4) is 0 Å². The van der Waals surface area contributed by atoms with Crippen LogP contribution in [0.1, 0.15) is 22.3 Å². The van der Waals surface area contributed by atoms with Crippen molar-refractivity contribution in [3.63, 3.8) is 0 Å². The van der Waals surface area contributed by atoms with Gasteiger partial charge in [-0.05, 0) is 137 Å². The molecule has 88 heavy (non-hydrogen) atoms. The van der Waals surface area contributed by atoms with Crippen molar-refractivity contribution < 1.29 is 0 Å². The number of pyridine rings is 8. The highest BCUT2D eigenvalue weighted by molar-refractivity contribution is 6.33. The average molecular weight is 1140 g/mol. The standard InChI is InChI=1S/C76H54N12/c1-47-67(43-81-59-29-17-37-77-73(47)59)85(51-21-9-5-10-22-51)63-41-64(86(52-23-11-6-12-24-52)68-44-82-60-30-18-38-78-74(60)48(68)2)56-35-36-58-66(88(54-27-15-8-16-28-54)70-46-84-62-32-20-40-80-76(62)50(70)4)42-65(57-34-33-55(63)71(56)72(57)58)87(53-25-13-7-14-26-53)69-45-83-61-31-19-39-79-75(61)49(69)3/h5-46H,1-4H3. The molecule has 8 heterocycles. The Hall–Kier alpha value is -11.8. The highest BCUT2D eigenvalue weighted by atomic mass is 15.2. The lowest BCUT2D eigenvalue weighted by molar-refractivity contribution is 1.20. The van der Waals surface area contributed by atoms with Gasteiger partial charge in [0.2, 0.25) is 0 Å². The molecule has 0 unspecified atom stereocenters.